The molecule has 0 amide bonds. The van der Waals surface area contributed by atoms with Crippen LogP contribution in [0.5, 0.6) is 0 Å². The Morgan fingerprint density at radius 2 is 1.67 bits per heavy atom. The number of fused-ring (bicyclic) bond motifs is 5. The van der Waals surface area contributed by atoms with Gasteiger partial charge in [-0.15, -0.1) is 0 Å². The number of esters is 1. The highest BCUT2D eigenvalue weighted by Gasteiger charge is 2.63. The number of methoxy groups -OCH3 is 1. The predicted octanol–water partition coefficient (Wildman–Crippen LogP) is 7.60. The van der Waals surface area contributed by atoms with Gasteiger partial charge in [-0.2, -0.15) is 0 Å². The molecule has 36 heavy (non-hydrogen) atoms. The molecule has 0 saturated heterocycles. The second-order valence-corrected chi connectivity index (χ2v) is 20.1. The average Bonchev–Trinajstić information content (AvgIpc) is 3.14. The number of carbonyl (C=O) groups is 1. The number of ether oxygens (including phenoxy) is 1. The first-order valence-electron chi connectivity index (χ1n) is 15.1. The van der Waals surface area contributed by atoms with Gasteiger partial charge < -0.3 is 14.3 Å². The monoisotopic (exact) mass is 520 g/mol. The van der Waals surface area contributed by atoms with Crippen LogP contribution >= 0.6 is 0 Å². The van der Waals surface area contributed by atoms with Crippen molar-refractivity contribution in [2.45, 2.75) is 136 Å². The Kier molecular flexibility index (Phi) is 7.93. The number of carbonyl (C=O) groups excluding carboxylic acids is 1. The van der Waals surface area contributed by atoms with E-state index in [1.807, 2.05) is 0 Å². The molecule has 4 aliphatic carbocycles. The van der Waals surface area contributed by atoms with Crippen LogP contribution in [0.3, 0.4) is 0 Å². The van der Waals surface area contributed by atoms with Gasteiger partial charge in [0.1, 0.15) is 0 Å². The van der Waals surface area contributed by atoms with E-state index in [2.05, 4.69) is 54.6 Å². The van der Waals surface area contributed by atoms with Crippen molar-refractivity contribution in [2.75, 3.05) is 7.11 Å². The van der Waals surface area contributed by atoms with Crippen molar-refractivity contribution in [3.05, 3.63) is 0 Å². The third-order valence-corrected chi connectivity index (χ3v) is 17.2. The Morgan fingerprint density at radius 1 is 1.03 bits per heavy atom. The number of rotatable bonds is 6. The first kappa shape index (κ1) is 28.6. The summed E-state index contributed by atoms with van der Waals surface area (Å²) in [6, 6.07) is 0. The average molecular weight is 521 g/mol. The largest absolute Gasteiger partial charge is 0.469 e. The molecular formula is C31H56O4Si. The first-order valence-corrected chi connectivity index (χ1v) is 18.0. The standard InChI is InChI=1S/C31H56O4Si/c1-20(10-13-27(33)34-7)23-11-12-24-28-25(15-17-31(23,24)6)30(5)16-14-22(18-21(30)19-26(28)32)35-36(8,9)29(2,3)4/h20-26,28,32H,10-19H2,1-9H3/t20?,21?,22?,23?,24?,25?,26?,28?,30-,31+/m0/s1. The van der Waals surface area contributed by atoms with Crippen LogP contribution in [0.25, 0.3) is 0 Å². The molecule has 0 spiro atoms. The van der Waals surface area contributed by atoms with Crippen molar-refractivity contribution in [3.8, 4) is 0 Å². The Bertz CT molecular complexity index is 805. The van der Waals surface area contributed by atoms with Crippen LogP contribution < -0.4 is 0 Å². The van der Waals surface area contributed by atoms with E-state index < -0.39 is 8.32 Å². The summed E-state index contributed by atoms with van der Waals surface area (Å²) < 4.78 is 11.8. The molecule has 4 aliphatic rings. The van der Waals surface area contributed by atoms with E-state index in [0.29, 0.717) is 58.9 Å². The van der Waals surface area contributed by atoms with E-state index >= 15 is 0 Å². The highest BCUT2D eigenvalue weighted by Crippen LogP contribution is 2.68. The number of hydrogen-bond donors (Lipinski definition) is 1. The molecule has 0 aromatic heterocycles. The van der Waals surface area contributed by atoms with Crippen LogP contribution in [0.2, 0.25) is 18.1 Å². The second-order valence-electron chi connectivity index (χ2n) is 15.4. The van der Waals surface area contributed by atoms with Gasteiger partial charge in [0.2, 0.25) is 0 Å². The molecule has 8 unspecified atom stereocenters. The quantitative estimate of drug-likeness (QED) is 0.289. The van der Waals surface area contributed by atoms with Gasteiger partial charge in [0, 0.05) is 12.5 Å². The van der Waals surface area contributed by atoms with Crippen molar-refractivity contribution in [1.29, 1.82) is 0 Å². The molecule has 0 aromatic rings. The Hall–Kier alpha value is -0.393. The zero-order valence-corrected chi connectivity index (χ0v) is 25.9. The third kappa shape index (κ3) is 4.88. The van der Waals surface area contributed by atoms with Crippen molar-refractivity contribution in [2.24, 2.45) is 46.3 Å². The summed E-state index contributed by atoms with van der Waals surface area (Å²) in [5.74, 6) is 3.39. The fraction of sp³-hybridized carbons (Fsp3) is 0.968. The summed E-state index contributed by atoms with van der Waals surface area (Å²) in [6.45, 7) is 19.3. The minimum atomic E-state index is -1.78. The molecule has 5 heteroatoms. The van der Waals surface area contributed by atoms with Crippen LogP contribution in [0.15, 0.2) is 0 Å². The summed E-state index contributed by atoms with van der Waals surface area (Å²) in [4.78, 5) is 11.8. The fourth-order valence-electron chi connectivity index (χ4n) is 9.51. The number of aliphatic hydroxyl groups excluding tert-OH is 1. The van der Waals surface area contributed by atoms with Gasteiger partial charge in [0.05, 0.1) is 13.2 Å². The van der Waals surface area contributed by atoms with Gasteiger partial charge in [0.15, 0.2) is 8.32 Å². The van der Waals surface area contributed by atoms with Crippen molar-refractivity contribution < 1.29 is 19.1 Å². The van der Waals surface area contributed by atoms with Crippen molar-refractivity contribution in [1.82, 2.24) is 0 Å². The first-order chi connectivity index (χ1) is 16.6. The lowest BCUT2D eigenvalue weighted by molar-refractivity contribution is -0.173. The normalized spacial score (nSPS) is 43.8. The van der Waals surface area contributed by atoms with Gasteiger partial charge in [0.25, 0.3) is 0 Å². The molecule has 0 radical (unpaired) electrons. The van der Waals surface area contributed by atoms with Crippen molar-refractivity contribution >= 4 is 14.3 Å². The lowest BCUT2D eigenvalue weighted by Gasteiger charge is -2.63. The molecule has 10 atom stereocenters. The van der Waals surface area contributed by atoms with E-state index in [-0.39, 0.29) is 17.1 Å². The zero-order chi connectivity index (χ0) is 26.7. The Morgan fingerprint density at radius 3 is 2.31 bits per heavy atom. The van der Waals surface area contributed by atoms with Gasteiger partial charge in [-0.05, 0) is 122 Å². The number of hydrogen-bond acceptors (Lipinski definition) is 4. The van der Waals surface area contributed by atoms with Crippen LogP contribution in [-0.4, -0.2) is 38.7 Å². The van der Waals surface area contributed by atoms with Gasteiger partial charge in [-0.1, -0.05) is 41.5 Å². The van der Waals surface area contributed by atoms with Crippen LogP contribution in [0, 0.1) is 46.3 Å². The minimum absolute atomic E-state index is 0.0833. The topological polar surface area (TPSA) is 55.8 Å². The summed E-state index contributed by atoms with van der Waals surface area (Å²) in [5, 5.41) is 11.9. The number of aliphatic hydroxyl groups is 1. The molecular weight excluding hydrogens is 464 g/mol. The molecule has 4 nitrogen and oxygen atoms in total. The van der Waals surface area contributed by atoms with E-state index in [4.69, 9.17) is 9.16 Å². The Balaban J connectivity index is 1.47. The molecule has 0 aliphatic heterocycles. The zero-order valence-electron chi connectivity index (χ0n) is 24.9. The highest BCUT2D eigenvalue weighted by atomic mass is 28.4. The molecule has 1 N–H and O–H groups in total. The predicted molar refractivity (Wildman–Crippen MR) is 149 cm³/mol. The molecule has 4 rings (SSSR count). The maximum absolute atomic E-state index is 11.8. The molecule has 208 valence electrons. The van der Waals surface area contributed by atoms with Crippen LogP contribution in [0.1, 0.15) is 106 Å². The summed E-state index contributed by atoms with van der Waals surface area (Å²) in [5.41, 5.74) is 0.636. The van der Waals surface area contributed by atoms with Crippen LogP contribution in [0.4, 0.5) is 0 Å². The molecule has 4 saturated carbocycles. The van der Waals surface area contributed by atoms with E-state index in [0.717, 1.165) is 19.3 Å². The fourth-order valence-corrected chi connectivity index (χ4v) is 10.9. The molecule has 4 fully saturated rings. The molecule has 0 heterocycles. The molecule has 0 bridgehead atoms. The highest BCUT2D eigenvalue weighted by molar-refractivity contribution is 6.74. The SMILES string of the molecule is COC(=O)CCC(C)C1CCC2C3C(O)CC4CC(O[Si](C)(C)C(C)(C)C)CC[C@]4(C)C3CC[C@]12C. The maximum Gasteiger partial charge on any atom is 0.305 e. The smallest absolute Gasteiger partial charge is 0.305 e. The van der Waals surface area contributed by atoms with E-state index in [1.54, 1.807) is 0 Å². The lowest BCUT2D eigenvalue weighted by Crippen LogP contribution is -2.59. The summed E-state index contributed by atoms with van der Waals surface area (Å²) in [6.07, 6.45) is 11.2. The maximum atomic E-state index is 11.8. The van der Waals surface area contributed by atoms with Gasteiger partial charge in [-0.3, -0.25) is 4.79 Å². The lowest BCUT2D eigenvalue weighted by atomic mass is 9.43. The van der Waals surface area contributed by atoms with Crippen LogP contribution in [-0.2, 0) is 14.0 Å². The van der Waals surface area contributed by atoms with Crippen molar-refractivity contribution in [3.63, 3.8) is 0 Å². The minimum Gasteiger partial charge on any atom is -0.469 e. The Labute approximate surface area is 222 Å². The van der Waals surface area contributed by atoms with E-state index in [9.17, 15) is 9.90 Å². The van der Waals surface area contributed by atoms with E-state index in [1.165, 1.54) is 45.6 Å². The summed E-state index contributed by atoms with van der Waals surface area (Å²) >= 11 is 0. The third-order valence-electron chi connectivity index (χ3n) is 12.7. The molecule has 0 aromatic carbocycles. The summed E-state index contributed by atoms with van der Waals surface area (Å²) in [7, 11) is -0.286. The second kappa shape index (κ2) is 9.97. The van der Waals surface area contributed by atoms with Gasteiger partial charge in [-0.25, -0.2) is 0 Å². The van der Waals surface area contributed by atoms with Gasteiger partial charge >= 0.3 is 5.97 Å².